The fourth-order valence-electron chi connectivity index (χ4n) is 1.74. The zero-order valence-electron chi connectivity index (χ0n) is 8.17. The number of likely N-dealkylation sites (N-methyl/N-ethyl adjacent to an activating group) is 1. The van der Waals surface area contributed by atoms with E-state index in [2.05, 4.69) is 5.32 Å². The topological polar surface area (TPSA) is 38.3 Å². The molecule has 0 aromatic heterocycles. The monoisotopic (exact) mass is 191 g/mol. The molecule has 3 heteroatoms. The van der Waals surface area contributed by atoms with E-state index < -0.39 is 0 Å². The van der Waals surface area contributed by atoms with Gasteiger partial charge >= 0.3 is 0 Å². The van der Waals surface area contributed by atoms with Crippen LogP contribution in [-0.4, -0.2) is 26.0 Å². The van der Waals surface area contributed by atoms with E-state index >= 15 is 0 Å². The number of Topliss-reactive ketones (excluding diaryl/α,β-unsaturated/α-hetero) is 1. The van der Waals surface area contributed by atoms with Gasteiger partial charge in [-0.1, -0.05) is 12.1 Å². The fourth-order valence-corrected chi connectivity index (χ4v) is 1.74. The Hall–Kier alpha value is -1.35. The molecule has 1 heterocycles. The van der Waals surface area contributed by atoms with Gasteiger partial charge in [-0.3, -0.25) is 4.79 Å². The minimum Gasteiger partial charge on any atom is -0.493 e. The highest BCUT2D eigenvalue weighted by Crippen LogP contribution is 2.28. The van der Waals surface area contributed by atoms with Crippen molar-refractivity contribution in [1.29, 1.82) is 0 Å². The average molecular weight is 191 g/mol. The van der Waals surface area contributed by atoms with Gasteiger partial charge in [-0.15, -0.1) is 0 Å². The molecular weight excluding hydrogens is 178 g/mol. The van der Waals surface area contributed by atoms with Crippen molar-refractivity contribution in [2.75, 3.05) is 20.2 Å². The molecule has 0 atom stereocenters. The first kappa shape index (κ1) is 9.21. The van der Waals surface area contributed by atoms with Gasteiger partial charge in [0.25, 0.3) is 0 Å². The summed E-state index contributed by atoms with van der Waals surface area (Å²) in [6.07, 6.45) is 0.848. The number of rotatable bonds is 3. The molecule has 1 aromatic carbocycles. The molecule has 0 spiro atoms. The van der Waals surface area contributed by atoms with Gasteiger partial charge in [0.05, 0.1) is 13.2 Å². The molecular formula is C11H13NO2. The van der Waals surface area contributed by atoms with Crippen molar-refractivity contribution >= 4 is 5.78 Å². The molecule has 3 nitrogen and oxygen atoms in total. The smallest absolute Gasteiger partial charge is 0.177 e. The van der Waals surface area contributed by atoms with Crippen LogP contribution in [0.1, 0.15) is 15.9 Å². The Kier molecular flexibility index (Phi) is 2.50. The summed E-state index contributed by atoms with van der Waals surface area (Å²) >= 11 is 0. The lowest BCUT2D eigenvalue weighted by Gasteiger charge is -2.05. The van der Waals surface area contributed by atoms with Gasteiger partial charge in [-0.25, -0.2) is 0 Å². The van der Waals surface area contributed by atoms with Crippen molar-refractivity contribution in [2.24, 2.45) is 0 Å². The molecule has 0 fully saturated rings. The lowest BCUT2D eigenvalue weighted by atomic mass is 10.0. The van der Waals surface area contributed by atoms with E-state index in [-0.39, 0.29) is 5.78 Å². The van der Waals surface area contributed by atoms with Gasteiger partial charge < -0.3 is 10.1 Å². The van der Waals surface area contributed by atoms with E-state index in [4.69, 9.17) is 4.74 Å². The van der Waals surface area contributed by atoms with E-state index in [9.17, 15) is 4.79 Å². The Labute approximate surface area is 83.1 Å². The van der Waals surface area contributed by atoms with E-state index in [1.807, 2.05) is 18.2 Å². The number of ether oxygens (including phenoxy) is 1. The van der Waals surface area contributed by atoms with Crippen LogP contribution >= 0.6 is 0 Å². The van der Waals surface area contributed by atoms with Gasteiger partial charge in [0, 0.05) is 17.5 Å². The number of nitrogens with one attached hydrogen (secondary N) is 1. The third kappa shape index (κ3) is 1.51. The maximum absolute atomic E-state index is 11.7. The largest absolute Gasteiger partial charge is 0.493 e. The highest BCUT2D eigenvalue weighted by molar-refractivity contribution is 5.99. The summed E-state index contributed by atoms with van der Waals surface area (Å²) in [6, 6.07) is 5.65. The molecule has 0 bridgehead atoms. The van der Waals surface area contributed by atoms with Crippen molar-refractivity contribution in [3.05, 3.63) is 29.3 Å². The van der Waals surface area contributed by atoms with Crippen molar-refractivity contribution < 1.29 is 9.53 Å². The number of ketones is 1. The summed E-state index contributed by atoms with van der Waals surface area (Å²) in [5.41, 5.74) is 1.86. The molecule has 74 valence electrons. The molecule has 0 aliphatic carbocycles. The molecule has 14 heavy (non-hydrogen) atoms. The second kappa shape index (κ2) is 3.80. The summed E-state index contributed by atoms with van der Waals surface area (Å²) in [6.45, 7) is 1.08. The molecule has 1 aromatic rings. The molecule has 1 N–H and O–H groups in total. The maximum Gasteiger partial charge on any atom is 0.177 e. The molecule has 0 amide bonds. The molecule has 0 saturated carbocycles. The van der Waals surface area contributed by atoms with Crippen LogP contribution in [-0.2, 0) is 6.42 Å². The zero-order valence-corrected chi connectivity index (χ0v) is 8.17. The number of hydrogen-bond donors (Lipinski definition) is 1. The minimum absolute atomic E-state index is 0.134. The number of carbonyl (C=O) groups excluding carboxylic acids is 1. The molecule has 0 radical (unpaired) electrons. The first-order chi connectivity index (χ1) is 6.83. The highest BCUT2D eigenvalue weighted by atomic mass is 16.5. The van der Waals surface area contributed by atoms with Crippen molar-refractivity contribution in [1.82, 2.24) is 5.32 Å². The predicted octanol–water partition coefficient (Wildman–Crippen LogP) is 1.02. The summed E-state index contributed by atoms with van der Waals surface area (Å²) in [5, 5.41) is 2.87. The van der Waals surface area contributed by atoms with Crippen LogP contribution in [0.4, 0.5) is 0 Å². The summed E-state index contributed by atoms with van der Waals surface area (Å²) in [7, 11) is 1.78. The number of carbonyl (C=O) groups is 1. The van der Waals surface area contributed by atoms with E-state index in [0.29, 0.717) is 13.2 Å². The molecule has 0 unspecified atom stereocenters. The maximum atomic E-state index is 11.7. The van der Waals surface area contributed by atoms with Gasteiger partial charge in [0.15, 0.2) is 5.78 Å². The highest BCUT2D eigenvalue weighted by Gasteiger charge is 2.18. The first-order valence-electron chi connectivity index (χ1n) is 4.75. The van der Waals surface area contributed by atoms with Crippen LogP contribution in [0.5, 0.6) is 5.75 Å². The normalized spacial score (nSPS) is 13.5. The van der Waals surface area contributed by atoms with Crippen molar-refractivity contribution in [3.63, 3.8) is 0 Å². The third-order valence-electron chi connectivity index (χ3n) is 2.38. The third-order valence-corrected chi connectivity index (χ3v) is 2.38. The molecule has 0 saturated heterocycles. The van der Waals surface area contributed by atoms with Gasteiger partial charge in [-0.2, -0.15) is 0 Å². The zero-order chi connectivity index (χ0) is 9.97. The number of hydrogen-bond acceptors (Lipinski definition) is 3. The fraction of sp³-hybridized carbons (Fsp3) is 0.364. The summed E-state index contributed by atoms with van der Waals surface area (Å²) < 4.78 is 5.39. The predicted molar refractivity (Wildman–Crippen MR) is 53.9 cm³/mol. The molecule has 2 rings (SSSR count). The second-order valence-corrected chi connectivity index (χ2v) is 3.33. The van der Waals surface area contributed by atoms with Crippen LogP contribution in [0.2, 0.25) is 0 Å². The Morgan fingerprint density at radius 2 is 2.43 bits per heavy atom. The van der Waals surface area contributed by atoms with E-state index in [1.165, 1.54) is 0 Å². The van der Waals surface area contributed by atoms with Gasteiger partial charge in [-0.05, 0) is 13.1 Å². The SMILES string of the molecule is CNCC(=O)c1cccc2c1CCO2. The first-order valence-corrected chi connectivity index (χ1v) is 4.75. The molecule has 1 aliphatic rings. The number of fused-ring (bicyclic) bond motifs is 1. The van der Waals surface area contributed by atoms with E-state index in [0.717, 1.165) is 23.3 Å². The second-order valence-electron chi connectivity index (χ2n) is 3.33. The van der Waals surface area contributed by atoms with Crippen molar-refractivity contribution in [2.45, 2.75) is 6.42 Å². The molecule has 1 aliphatic heterocycles. The Bertz CT molecular complexity index is 360. The quantitative estimate of drug-likeness (QED) is 0.725. The van der Waals surface area contributed by atoms with Crippen molar-refractivity contribution in [3.8, 4) is 5.75 Å². The Morgan fingerprint density at radius 1 is 1.57 bits per heavy atom. The van der Waals surface area contributed by atoms with Crippen LogP contribution in [0.15, 0.2) is 18.2 Å². The lowest BCUT2D eigenvalue weighted by Crippen LogP contribution is -2.19. The number of benzene rings is 1. The lowest BCUT2D eigenvalue weighted by molar-refractivity contribution is 0.0993. The van der Waals surface area contributed by atoms with Gasteiger partial charge in [0.2, 0.25) is 0 Å². The van der Waals surface area contributed by atoms with Crippen LogP contribution in [0.3, 0.4) is 0 Å². The Balaban J connectivity index is 2.34. The average Bonchev–Trinajstić information content (AvgIpc) is 2.65. The summed E-state index contributed by atoms with van der Waals surface area (Å²) in [4.78, 5) is 11.7. The van der Waals surface area contributed by atoms with E-state index in [1.54, 1.807) is 7.05 Å². The Morgan fingerprint density at radius 3 is 3.21 bits per heavy atom. The minimum atomic E-state index is 0.134. The summed E-state index contributed by atoms with van der Waals surface area (Å²) in [5.74, 6) is 1.00. The van der Waals surface area contributed by atoms with Crippen LogP contribution in [0.25, 0.3) is 0 Å². The van der Waals surface area contributed by atoms with Crippen LogP contribution < -0.4 is 10.1 Å². The van der Waals surface area contributed by atoms with Gasteiger partial charge in [0.1, 0.15) is 5.75 Å². The van der Waals surface area contributed by atoms with Crippen LogP contribution in [0, 0.1) is 0 Å². The standard InChI is InChI=1S/C11H13NO2/c1-12-7-10(13)8-3-2-4-11-9(8)5-6-14-11/h2-4,12H,5-7H2,1H3.